The van der Waals surface area contributed by atoms with Gasteiger partial charge < -0.3 is 5.32 Å². The standard InChI is InChI=1S/C10H16N4/c1-2-9(11-6-8-3-4-8)10-12-7-13-14(10)5-1/h7-9,11H,1-6H2. The minimum absolute atomic E-state index is 0.451. The van der Waals surface area contributed by atoms with Gasteiger partial charge in [0.15, 0.2) is 0 Å². The summed E-state index contributed by atoms with van der Waals surface area (Å²) in [4.78, 5) is 4.33. The maximum atomic E-state index is 4.33. The third-order valence-electron chi connectivity index (χ3n) is 3.17. The maximum absolute atomic E-state index is 4.33. The van der Waals surface area contributed by atoms with Gasteiger partial charge in [-0.1, -0.05) is 0 Å². The van der Waals surface area contributed by atoms with Gasteiger partial charge in [0.1, 0.15) is 12.2 Å². The first kappa shape index (κ1) is 8.41. The van der Waals surface area contributed by atoms with Crippen LogP contribution in [-0.4, -0.2) is 21.3 Å². The van der Waals surface area contributed by atoms with E-state index < -0.39 is 0 Å². The maximum Gasteiger partial charge on any atom is 0.143 e. The number of aromatic nitrogens is 3. The van der Waals surface area contributed by atoms with Crippen molar-refractivity contribution in [3.05, 3.63) is 12.2 Å². The van der Waals surface area contributed by atoms with Gasteiger partial charge in [-0.15, -0.1) is 0 Å². The molecule has 1 aromatic heterocycles. The molecule has 1 saturated carbocycles. The number of nitrogens with one attached hydrogen (secondary N) is 1. The Morgan fingerprint density at radius 3 is 3.21 bits per heavy atom. The zero-order valence-corrected chi connectivity index (χ0v) is 8.32. The molecule has 0 bridgehead atoms. The zero-order chi connectivity index (χ0) is 9.38. The molecule has 3 rings (SSSR count). The van der Waals surface area contributed by atoms with Crippen molar-refractivity contribution in [2.45, 2.75) is 38.3 Å². The van der Waals surface area contributed by atoms with Gasteiger partial charge in [-0.2, -0.15) is 5.10 Å². The Kier molecular flexibility index (Phi) is 2.01. The van der Waals surface area contributed by atoms with Gasteiger partial charge in [-0.3, -0.25) is 0 Å². The average molecular weight is 192 g/mol. The summed E-state index contributed by atoms with van der Waals surface area (Å²) in [6, 6.07) is 0.451. The number of aryl methyl sites for hydroxylation is 1. The highest BCUT2D eigenvalue weighted by Gasteiger charge is 2.26. The van der Waals surface area contributed by atoms with Crippen LogP contribution in [0.1, 0.15) is 37.5 Å². The van der Waals surface area contributed by atoms with Crippen LogP contribution in [0.3, 0.4) is 0 Å². The fourth-order valence-electron chi connectivity index (χ4n) is 2.11. The molecule has 1 aliphatic carbocycles. The first-order valence-electron chi connectivity index (χ1n) is 5.54. The molecule has 1 N–H and O–H groups in total. The molecule has 2 aliphatic rings. The fraction of sp³-hybridized carbons (Fsp3) is 0.800. The molecule has 1 atom stereocenters. The Morgan fingerprint density at radius 1 is 1.43 bits per heavy atom. The normalized spacial score (nSPS) is 26.1. The molecule has 4 nitrogen and oxygen atoms in total. The van der Waals surface area contributed by atoms with E-state index in [9.17, 15) is 0 Å². The Bertz CT molecular complexity index is 316. The van der Waals surface area contributed by atoms with Gasteiger partial charge in [0.05, 0.1) is 6.04 Å². The first-order chi connectivity index (χ1) is 6.93. The highest BCUT2D eigenvalue weighted by molar-refractivity contribution is 4.97. The molecule has 0 aromatic carbocycles. The van der Waals surface area contributed by atoms with Crippen LogP contribution in [0.5, 0.6) is 0 Å². The van der Waals surface area contributed by atoms with Crippen LogP contribution in [0.15, 0.2) is 6.33 Å². The van der Waals surface area contributed by atoms with Crippen LogP contribution in [0.2, 0.25) is 0 Å². The van der Waals surface area contributed by atoms with E-state index in [-0.39, 0.29) is 0 Å². The summed E-state index contributed by atoms with van der Waals surface area (Å²) in [6.07, 6.45) is 6.93. The largest absolute Gasteiger partial charge is 0.307 e. The van der Waals surface area contributed by atoms with Crippen molar-refractivity contribution >= 4 is 0 Å². The lowest BCUT2D eigenvalue weighted by Gasteiger charge is -2.23. The van der Waals surface area contributed by atoms with Crippen molar-refractivity contribution in [2.75, 3.05) is 6.54 Å². The van der Waals surface area contributed by atoms with Gasteiger partial charge in [0.2, 0.25) is 0 Å². The van der Waals surface area contributed by atoms with Crippen LogP contribution in [0, 0.1) is 5.92 Å². The summed E-state index contributed by atoms with van der Waals surface area (Å²) < 4.78 is 2.04. The molecule has 0 saturated heterocycles. The molecular formula is C10H16N4. The molecule has 76 valence electrons. The van der Waals surface area contributed by atoms with Crippen LogP contribution < -0.4 is 5.32 Å². The van der Waals surface area contributed by atoms with Crippen LogP contribution >= 0.6 is 0 Å². The molecule has 4 heteroatoms. The molecule has 1 aromatic rings. The molecule has 1 fully saturated rings. The third kappa shape index (κ3) is 1.54. The van der Waals surface area contributed by atoms with E-state index in [1.54, 1.807) is 6.33 Å². The van der Waals surface area contributed by atoms with E-state index in [1.165, 1.54) is 25.7 Å². The van der Waals surface area contributed by atoms with E-state index in [1.807, 2.05) is 4.68 Å². The smallest absolute Gasteiger partial charge is 0.143 e. The minimum Gasteiger partial charge on any atom is -0.307 e. The molecule has 0 amide bonds. The Balaban J connectivity index is 1.68. The Hall–Kier alpha value is -0.900. The van der Waals surface area contributed by atoms with Gasteiger partial charge in [0.25, 0.3) is 0 Å². The number of nitrogens with zero attached hydrogens (tertiary/aromatic N) is 3. The molecule has 0 radical (unpaired) electrons. The SMILES string of the molecule is c1nc2n(n1)CCCC2NCC1CC1. The van der Waals surface area contributed by atoms with Crippen molar-refractivity contribution in [1.29, 1.82) is 0 Å². The van der Waals surface area contributed by atoms with Crippen LogP contribution in [0.4, 0.5) is 0 Å². The summed E-state index contributed by atoms with van der Waals surface area (Å²) in [5, 5.41) is 7.82. The van der Waals surface area contributed by atoms with Gasteiger partial charge >= 0.3 is 0 Å². The first-order valence-corrected chi connectivity index (χ1v) is 5.54. The molecule has 1 aliphatic heterocycles. The summed E-state index contributed by atoms with van der Waals surface area (Å²) in [5.74, 6) is 2.07. The number of hydrogen-bond acceptors (Lipinski definition) is 3. The fourth-order valence-corrected chi connectivity index (χ4v) is 2.11. The number of rotatable bonds is 3. The van der Waals surface area contributed by atoms with Crippen molar-refractivity contribution in [1.82, 2.24) is 20.1 Å². The van der Waals surface area contributed by atoms with E-state index in [4.69, 9.17) is 0 Å². The van der Waals surface area contributed by atoms with Gasteiger partial charge in [-0.05, 0) is 38.1 Å². The minimum atomic E-state index is 0.451. The lowest BCUT2D eigenvalue weighted by molar-refractivity contribution is 0.364. The molecule has 2 heterocycles. The summed E-state index contributed by atoms with van der Waals surface area (Å²) >= 11 is 0. The Morgan fingerprint density at radius 2 is 2.36 bits per heavy atom. The molecule has 14 heavy (non-hydrogen) atoms. The highest BCUT2D eigenvalue weighted by Crippen LogP contribution is 2.29. The molecule has 0 spiro atoms. The predicted molar refractivity (Wildman–Crippen MR) is 52.7 cm³/mol. The second-order valence-corrected chi connectivity index (χ2v) is 4.39. The van der Waals surface area contributed by atoms with Crippen LogP contribution in [0.25, 0.3) is 0 Å². The van der Waals surface area contributed by atoms with E-state index in [0.717, 1.165) is 24.8 Å². The van der Waals surface area contributed by atoms with Crippen molar-refractivity contribution in [3.8, 4) is 0 Å². The number of fused-ring (bicyclic) bond motifs is 1. The summed E-state index contributed by atoms with van der Waals surface area (Å²) in [7, 11) is 0. The average Bonchev–Trinajstić information content (AvgIpc) is 2.91. The molecule has 1 unspecified atom stereocenters. The molecular weight excluding hydrogens is 176 g/mol. The lowest BCUT2D eigenvalue weighted by Crippen LogP contribution is -2.30. The van der Waals surface area contributed by atoms with E-state index in [0.29, 0.717) is 6.04 Å². The summed E-state index contributed by atoms with van der Waals surface area (Å²) in [5.41, 5.74) is 0. The van der Waals surface area contributed by atoms with Crippen molar-refractivity contribution < 1.29 is 0 Å². The second kappa shape index (κ2) is 3.35. The highest BCUT2D eigenvalue weighted by atomic mass is 15.3. The quantitative estimate of drug-likeness (QED) is 0.780. The topological polar surface area (TPSA) is 42.7 Å². The lowest BCUT2D eigenvalue weighted by atomic mass is 10.1. The van der Waals surface area contributed by atoms with E-state index >= 15 is 0 Å². The zero-order valence-electron chi connectivity index (χ0n) is 8.32. The van der Waals surface area contributed by atoms with E-state index in [2.05, 4.69) is 15.4 Å². The third-order valence-corrected chi connectivity index (χ3v) is 3.17. The number of hydrogen-bond donors (Lipinski definition) is 1. The van der Waals surface area contributed by atoms with Crippen LogP contribution in [-0.2, 0) is 6.54 Å². The van der Waals surface area contributed by atoms with Gasteiger partial charge in [-0.25, -0.2) is 9.67 Å². The second-order valence-electron chi connectivity index (χ2n) is 4.39. The summed E-state index contributed by atoms with van der Waals surface area (Å²) in [6.45, 7) is 2.20. The Labute approximate surface area is 83.7 Å². The predicted octanol–water partition coefficient (Wildman–Crippen LogP) is 1.11. The van der Waals surface area contributed by atoms with Crippen molar-refractivity contribution in [2.24, 2.45) is 5.92 Å². The van der Waals surface area contributed by atoms with Gasteiger partial charge in [0, 0.05) is 6.54 Å². The monoisotopic (exact) mass is 192 g/mol. The van der Waals surface area contributed by atoms with Crippen molar-refractivity contribution in [3.63, 3.8) is 0 Å².